The van der Waals surface area contributed by atoms with E-state index in [-0.39, 0.29) is 0 Å². The molecule has 6 nitrogen and oxygen atoms in total. The van der Waals surface area contributed by atoms with Gasteiger partial charge in [-0.2, -0.15) is 5.26 Å². The van der Waals surface area contributed by atoms with Crippen LogP contribution in [0.15, 0.2) is 41.9 Å². The zero-order valence-corrected chi connectivity index (χ0v) is 11.4. The highest BCUT2D eigenvalue weighted by Crippen LogP contribution is 2.25. The third-order valence-corrected chi connectivity index (χ3v) is 3.91. The zero-order chi connectivity index (χ0) is 14.1. The molecule has 1 atom stereocenters. The van der Waals surface area contributed by atoms with E-state index in [9.17, 15) is 4.21 Å². The average molecular weight is 285 g/mol. The standard InChI is InChI=1S/C13H11N5OS/c1-18-7-12(16-8-18)20(19)17-11-4-2-3-10-9(5-14)6-15-13(10)11/h2-4,6-8,15,17H,1H3. The first-order chi connectivity index (χ1) is 9.69. The van der Waals surface area contributed by atoms with Crippen molar-refractivity contribution in [2.45, 2.75) is 5.03 Å². The highest BCUT2D eigenvalue weighted by Gasteiger charge is 2.11. The summed E-state index contributed by atoms with van der Waals surface area (Å²) < 4.78 is 16.8. The average Bonchev–Trinajstić information content (AvgIpc) is 3.05. The molecule has 2 N–H and O–H groups in total. The minimum absolute atomic E-state index is 0.455. The van der Waals surface area contributed by atoms with Crippen LogP contribution < -0.4 is 4.72 Å². The van der Waals surface area contributed by atoms with Crippen molar-refractivity contribution >= 4 is 27.6 Å². The molecule has 0 bridgehead atoms. The van der Waals surface area contributed by atoms with E-state index in [0.29, 0.717) is 16.3 Å². The predicted molar refractivity (Wildman–Crippen MR) is 76.3 cm³/mol. The number of benzene rings is 1. The Morgan fingerprint density at radius 1 is 1.50 bits per heavy atom. The minimum Gasteiger partial charge on any atom is -0.358 e. The maximum Gasteiger partial charge on any atom is 0.171 e. The molecule has 0 aliphatic rings. The maximum absolute atomic E-state index is 12.2. The fourth-order valence-corrected chi connectivity index (χ4v) is 2.85. The number of H-pyrrole nitrogens is 1. The molecule has 0 saturated heterocycles. The number of aryl methyl sites for hydroxylation is 1. The Bertz CT molecular complexity index is 842. The molecular weight excluding hydrogens is 274 g/mol. The monoisotopic (exact) mass is 285 g/mol. The molecule has 1 aromatic carbocycles. The van der Waals surface area contributed by atoms with Gasteiger partial charge in [-0.1, -0.05) is 12.1 Å². The molecule has 20 heavy (non-hydrogen) atoms. The van der Waals surface area contributed by atoms with E-state index in [1.54, 1.807) is 29.4 Å². The molecule has 0 spiro atoms. The van der Waals surface area contributed by atoms with E-state index < -0.39 is 11.0 Å². The molecule has 3 aromatic rings. The van der Waals surface area contributed by atoms with Gasteiger partial charge in [0.1, 0.15) is 6.07 Å². The molecule has 3 rings (SSSR count). The van der Waals surface area contributed by atoms with Gasteiger partial charge in [0.2, 0.25) is 0 Å². The number of para-hydroxylation sites is 1. The van der Waals surface area contributed by atoms with Gasteiger partial charge >= 0.3 is 0 Å². The lowest BCUT2D eigenvalue weighted by molar-refractivity contribution is 0.684. The molecule has 2 heterocycles. The Morgan fingerprint density at radius 3 is 3.05 bits per heavy atom. The number of aromatic nitrogens is 3. The lowest BCUT2D eigenvalue weighted by Gasteiger charge is -2.05. The summed E-state index contributed by atoms with van der Waals surface area (Å²) in [6, 6.07) is 7.58. The van der Waals surface area contributed by atoms with Crippen molar-refractivity contribution in [3.8, 4) is 6.07 Å². The lowest BCUT2D eigenvalue weighted by Crippen LogP contribution is -2.05. The van der Waals surface area contributed by atoms with Gasteiger partial charge in [-0.3, -0.25) is 4.72 Å². The molecular formula is C13H11N5OS. The molecule has 100 valence electrons. The summed E-state index contributed by atoms with van der Waals surface area (Å²) >= 11 is 0. The number of aromatic amines is 1. The number of hydrogen-bond donors (Lipinski definition) is 2. The largest absolute Gasteiger partial charge is 0.358 e. The molecule has 0 aliphatic carbocycles. The number of rotatable bonds is 3. The van der Waals surface area contributed by atoms with E-state index in [1.807, 2.05) is 19.2 Å². The van der Waals surface area contributed by atoms with Gasteiger partial charge in [0.05, 0.1) is 23.1 Å². The maximum atomic E-state index is 12.2. The third-order valence-electron chi connectivity index (χ3n) is 2.91. The number of anilines is 1. The fourth-order valence-electron chi connectivity index (χ4n) is 1.97. The second kappa shape index (κ2) is 4.83. The van der Waals surface area contributed by atoms with Crippen molar-refractivity contribution in [3.63, 3.8) is 0 Å². The quantitative estimate of drug-likeness (QED) is 0.770. The lowest BCUT2D eigenvalue weighted by atomic mass is 10.2. The first-order valence-corrected chi connectivity index (χ1v) is 7.00. The number of hydrogen-bond acceptors (Lipinski definition) is 3. The van der Waals surface area contributed by atoms with E-state index in [0.717, 1.165) is 10.9 Å². The zero-order valence-electron chi connectivity index (χ0n) is 10.6. The van der Waals surface area contributed by atoms with E-state index in [2.05, 4.69) is 20.8 Å². The molecule has 0 radical (unpaired) electrons. The van der Waals surface area contributed by atoms with Gasteiger partial charge in [-0.05, 0) is 6.07 Å². The number of nitrogens with zero attached hydrogens (tertiary/aromatic N) is 3. The number of imidazole rings is 1. The summed E-state index contributed by atoms with van der Waals surface area (Å²) in [4.78, 5) is 7.08. The predicted octanol–water partition coefficient (Wildman–Crippen LogP) is 1.91. The van der Waals surface area contributed by atoms with Crippen LogP contribution in [0.4, 0.5) is 5.69 Å². The van der Waals surface area contributed by atoms with Crippen LogP contribution in [-0.4, -0.2) is 18.7 Å². The topological polar surface area (TPSA) is 86.5 Å². The first kappa shape index (κ1) is 12.4. The van der Waals surface area contributed by atoms with Gasteiger partial charge in [-0.25, -0.2) is 9.19 Å². The number of nitrogens with one attached hydrogen (secondary N) is 2. The summed E-state index contributed by atoms with van der Waals surface area (Å²) in [7, 11) is 0.371. The van der Waals surface area contributed by atoms with Gasteiger partial charge in [0.25, 0.3) is 0 Å². The van der Waals surface area contributed by atoms with Crippen molar-refractivity contribution in [1.29, 1.82) is 5.26 Å². The van der Waals surface area contributed by atoms with Crippen molar-refractivity contribution in [2.24, 2.45) is 7.05 Å². The Hall–Kier alpha value is -2.59. The molecule has 0 amide bonds. The van der Waals surface area contributed by atoms with Crippen LogP contribution in [0.25, 0.3) is 10.9 Å². The van der Waals surface area contributed by atoms with Gasteiger partial charge < -0.3 is 9.55 Å². The molecule has 2 aromatic heterocycles. The smallest absolute Gasteiger partial charge is 0.171 e. The Labute approximate surface area is 117 Å². The van der Waals surface area contributed by atoms with Crippen LogP contribution in [0.1, 0.15) is 5.56 Å². The Kier molecular flexibility index (Phi) is 3.00. The van der Waals surface area contributed by atoms with Crippen LogP contribution in [-0.2, 0) is 18.0 Å². The summed E-state index contributed by atoms with van der Waals surface area (Å²) in [6.45, 7) is 0. The van der Waals surface area contributed by atoms with Crippen LogP contribution in [0.2, 0.25) is 0 Å². The second-order valence-corrected chi connectivity index (χ2v) is 5.45. The molecule has 0 saturated carbocycles. The normalized spacial score (nSPS) is 12.2. The Morgan fingerprint density at radius 2 is 2.35 bits per heavy atom. The summed E-state index contributed by atoms with van der Waals surface area (Å²) in [5, 5.41) is 10.3. The SMILES string of the molecule is Cn1cnc(S(=O)Nc2cccc3c(C#N)c[nH]c23)c1. The summed E-state index contributed by atoms with van der Waals surface area (Å²) in [5.74, 6) is 0. The highest BCUT2D eigenvalue weighted by molar-refractivity contribution is 7.86. The highest BCUT2D eigenvalue weighted by atomic mass is 32.2. The van der Waals surface area contributed by atoms with Crippen molar-refractivity contribution < 1.29 is 4.21 Å². The van der Waals surface area contributed by atoms with Crippen molar-refractivity contribution in [3.05, 3.63) is 42.5 Å². The van der Waals surface area contributed by atoms with Gasteiger partial charge in [-0.15, -0.1) is 0 Å². The molecule has 0 fully saturated rings. The van der Waals surface area contributed by atoms with Crippen LogP contribution in [0, 0.1) is 11.3 Å². The molecule has 7 heteroatoms. The second-order valence-electron chi connectivity index (χ2n) is 4.29. The van der Waals surface area contributed by atoms with Gasteiger partial charge in [0.15, 0.2) is 16.0 Å². The third kappa shape index (κ3) is 2.06. The van der Waals surface area contributed by atoms with E-state index in [4.69, 9.17) is 5.26 Å². The Balaban J connectivity index is 1.97. The summed E-state index contributed by atoms with van der Waals surface area (Å²) in [6.07, 6.45) is 4.93. The molecule has 0 aliphatic heterocycles. The number of fused-ring (bicyclic) bond motifs is 1. The number of nitriles is 1. The van der Waals surface area contributed by atoms with Crippen molar-refractivity contribution in [2.75, 3.05) is 4.72 Å². The summed E-state index contributed by atoms with van der Waals surface area (Å²) in [5.41, 5.74) is 1.99. The van der Waals surface area contributed by atoms with Crippen LogP contribution >= 0.6 is 0 Å². The fraction of sp³-hybridized carbons (Fsp3) is 0.0769. The van der Waals surface area contributed by atoms with Crippen molar-refractivity contribution in [1.82, 2.24) is 14.5 Å². The van der Waals surface area contributed by atoms with Crippen LogP contribution in [0.5, 0.6) is 0 Å². The van der Waals surface area contributed by atoms with E-state index >= 15 is 0 Å². The minimum atomic E-state index is -1.45. The molecule has 1 unspecified atom stereocenters. The van der Waals surface area contributed by atoms with Crippen LogP contribution in [0.3, 0.4) is 0 Å². The first-order valence-electron chi connectivity index (χ1n) is 5.85. The van der Waals surface area contributed by atoms with Gasteiger partial charge in [0, 0.05) is 24.8 Å². The van der Waals surface area contributed by atoms with E-state index in [1.165, 1.54) is 0 Å².